The molecule has 2 heteroatoms. The molecule has 1 aromatic rings. The van der Waals surface area contributed by atoms with E-state index in [1.807, 2.05) is 0 Å². The number of hydrogen-bond donors (Lipinski definition) is 1. The second-order valence-corrected chi connectivity index (χ2v) is 4.53. The molecule has 1 heterocycles. The maximum Gasteiger partial charge on any atom is 0.0432 e. The third-order valence-electron chi connectivity index (χ3n) is 3.26. The summed E-state index contributed by atoms with van der Waals surface area (Å²) in [6.45, 7) is 4.23. The molecule has 0 spiro atoms. The number of likely N-dealkylation sites (N-methyl/N-ethyl adjacent to an activating group) is 1. The van der Waals surface area contributed by atoms with Crippen molar-refractivity contribution in [2.75, 3.05) is 25.0 Å². The van der Waals surface area contributed by atoms with E-state index in [-0.39, 0.29) is 0 Å². The number of rotatable bonds is 3. The summed E-state index contributed by atoms with van der Waals surface area (Å²) in [6, 6.07) is 6.68. The van der Waals surface area contributed by atoms with Crippen LogP contribution in [0, 0.1) is 0 Å². The summed E-state index contributed by atoms with van der Waals surface area (Å²) >= 11 is 0. The fourth-order valence-electron chi connectivity index (χ4n) is 2.57. The first-order valence-electron chi connectivity index (χ1n) is 5.77. The number of aryl methyl sites for hydroxylation is 1. The SMILES string of the molecule is CC1CN(C)c2c(CCCN)cccc21. The van der Waals surface area contributed by atoms with E-state index in [0.717, 1.165) is 25.9 Å². The molecule has 0 aliphatic carbocycles. The van der Waals surface area contributed by atoms with E-state index in [1.54, 1.807) is 0 Å². The highest BCUT2D eigenvalue weighted by atomic mass is 15.1. The van der Waals surface area contributed by atoms with Gasteiger partial charge in [0.15, 0.2) is 0 Å². The molecule has 82 valence electrons. The highest BCUT2D eigenvalue weighted by Crippen LogP contribution is 2.37. The summed E-state index contributed by atoms with van der Waals surface area (Å²) in [7, 11) is 2.19. The Labute approximate surface area is 92.1 Å². The number of hydrogen-bond acceptors (Lipinski definition) is 2. The van der Waals surface area contributed by atoms with Crippen molar-refractivity contribution in [3.05, 3.63) is 29.3 Å². The molecule has 2 nitrogen and oxygen atoms in total. The highest BCUT2D eigenvalue weighted by Gasteiger charge is 2.24. The molecule has 0 saturated carbocycles. The van der Waals surface area contributed by atoms with Crippen LogP contribution in [0.4, 0.5) is 5.69 Å². The van der Waals surface area contributed by atoms with Gasteiger partial charge in [0.05, 0.1) is 0 Å². The van der Waals surface area contributed by atoms with Crippen molar-refractivity contribution in [2.45, 2.75) is 25.7 Å². The van der Waals surface area contributed by atoms with Gasteiger partial charge in [-0.1, -0.05) is 25.1 Å². The van der Waals surface area contributed by atoms with Crippen LogP contribution in [-0.4, -0.2) is 20.1 Å². The minimum atomic E-state index is 0.669. The van der Waals surface area contributed by atoms with Crippen LogP contribution in [0.5, 0.6) is 0 Å². The smallest absolute Gasteiger partial charge is 0.0432 e. The molecule has 2 N–H and O–H groups in total. The van der Waals surface area contributed by atoms with Crippen LogP contribution in [0.15, 0.2) is 18.2 Å². The van der Waals surface area contributed by atoms with Crippen molar-refractivity contribution in [1.82, 2.24) is 0 Å². The number of anilines is 1. The maximum atomic E-state index is 5.57. The molecular formula is C13H20N2. The summed E-state index contributed by atoms with van der Waals surface area (Å²) in [5.74, 6) is 0.669. The molecule has 0 fully saturated rings. The van der Waals surface area contributed by atoms with Gasteiger partial charge in [-0.15, -0.1) is 0 Å². The Bertz CT molecular complexity index is 346. The number of nitrogens with two attached hydrogens (primary N) is 1. The van der Waals surface area contributed by atoms with Crippen molar-refractivity contribution in [2.24, 2.45) is 5.73 Å². The Kier molecular flexibility index (Phi) is 2.96. The van der Waals surface area contributed by atoms with Gasteiger partial charge in [0.1, 0.15) is 0 Å². The van der Waals surface area contributed by atoms with Crippen molar-refractivity contribution < 1.29 is 0 Å². The zero-order chi connectivity index (χ0) is 10.8. The molecule has 2 rings (SSSR count). The van der Waals surface area contributed by atoms with Crippen LogP contribution in [0.25, 0.3) is 0 Å². The highest BCUT2D eigenvalue weighted by molar-refractivity contribution is 5.64. The molecule has 0 aromatic heterocycles. The summed E-state index contributed by atoms with van der Waals surface area (Å²) in [5, 5.41) is 0. The van der Waals surface area contributed by atoms with Gasteiger partial charge in [0, 0.05) is 25.2 Å². The zero-order valence-electron chi connectivity index (χ0n) is 9.66. The average Bonchev–Trinajstić information content (AvgIpc) is 2.53. The first-order chi connectivity index (χ1) is 7.24. The van der Waals surface area contributed by atoms with Crippen LogP contribution in [0.2, 0.25) is 0 Å². The predicted octanol–water partition coefficient (Wildman–Crippen LogP) is 2.13. The molecule has 1 unspecified atom stereocenters. The van der Waals surface area contributed by atoms with Crippen molar-refractivity contribution >= 4 is 5.69 Å². The Balaban J connectivity index is 2.33. The minimum Gasteiger partial charge on any atom is -0.374 e. The lowest BCUT2D eigenvalue weighted by Gasteiger charge is -2.16. The molecule has 1 aromatic carbocycles. The van der Waals surface area contributed by atoms with E-state index in [0.29, 0.717) is 5.92 Å². The number of fused-ring (bicyclic) bond motifs is 1. The maximum absolute atomic E-state index is 5.57. The van der Waals surface area contributed by atoms with Crippen molar-refractivity contribution in [3.8, 4) is 0 Å². The summed E-state index contributed by atoms with van der Waals surface area (Å²) in [6.07, 6.45) is 2.19. The van der Waals surface area contributed by atoms with Crippen LogP contribution >= 0.6 is 0 Å². The van der Waals surface area contributed by atoms with E-state index < -0.39 is 0 Å². The topological polar surface area (TPSA) is 29.3 Å². The lowest BCUT2D eigenvalue weighted by atomic mass is 9.98. The van der Waals surface area contributed by atoms with E-state index in [9.17, 15) is 0 Å². The van der Waals surface area contributed by atoms with E-state index in [1.165, 1.54) is 16.8 Å². The van der Waals surface area contributed by atoms with Gasteiger partial charge in [0.25, 0.3) is 0 Å². The monoisotopic (exact) mass is 204 g/mol. The Morgan fingerprint density at radius 1 is 1.47 bits per heavy atom. The Morgan fingerprint density at radius 3 is 3.00 bits per heavy atom. The lowest BCUT2D eigenvalue weighted by molar-refractivity contribution is 0.794. The molecule has 0 radical (unpaired) electrons. The van der Waals surface area contributed by atoms with Crippen LogP contribution in [-0.2, 0) is 6.42 Å². The first kappa shape index (κ1) is 10.5. The molecule has 0 amide bonds. The third kappa shape index (κ3) is 1.86. The quantitative estimate of drug-likeness (QED) is 0.817. The van der Waals surface area contributed by atoms with Crippen LogP contribution in [0.1, 0.15) is 30.4 Å². The number of nitrogens with zero attached hydrogens (tertiary/aromatic N) is 1. The van der Waals surface area contributed by atoms with Gasteiger partial charge in [0.2, 0.25) is 0 Å². The fraction of sp³-hybridized carbons (Fsp3) is 0.538. The second kappa shape index (κ2) is 4.23. The number of para-hydroxylation sites is 1. The van der Waals surface area contributed by atoms with Gasteiger partial charge in [-0.05, 0) is 30.5 Å². The predicted molar refractivity (Wildman–Crippen MR) is 65.5 cm³/mol. The third-order valence-corrected chi connectivity index (χ3v) is 3.26. The van der Waals surface area contributed by atoms with Crippen LogP contribution in [0.3, 0.4) is 0 Å². The molecule has 0 bridgehead atoms. The summed E-state index contributed by atoms with van der Waals surface area (Å²) < 4.78 is 0. The van der Waals surface area contributed by atoms with Gasteiger partial charge >= 0.3 is 0 Å². The Hall–Kier alpha value is -1.02. The molecule has 1 aliphatic heterocycles. The van der Waals surface area contributed by atoms with Gasteiger partial charge in [-0.3, -0.25) is 0 Å². The normalized spacial score (nSPS) is 19.4. The molecule has 0 saturated heterocycles. The summed E-state index contributed by atoms with van der Waals surface area (Å²) in [4.78, 5) is 2.38. The second-order valence-electron chi connectivity index (χ2n) is 4.53. The van der Waals surface area contributed by atoms with E-state index in [2.05, 4.69) is 37.1 Å². The largest absolute Gasteiger partial charge is 0.374 e. The summed E-state index contributed by atoms with van der Waals surface area (Å²) in [5.41, 5.74) is 10.00. The van der Waals surface area contributed by atoms with Gasteiger partial charge < -0.3 is 10.6 Å². The van der Waals surface area contributed by atoms with Gasteiger partial charge in [-0.2, -0.15) is 0 Å². The Morgan fingerprint density at radius 2 is 2.27 bits per heavy atom. The van der Waals surface area contributed by atoms with Gasteiger partial charge in [-0.25, -0.2) is 0 Å². The van der Waals surface area contributed by atoms with Crippen LogP contribution < -0.4 is 10.6 Å². The molecule has 15 heavy (non-hydrogen) atoms. The molecular weight excluding hydrogens is 184 g/mol. The fourth-order valence-corrected chi connectivity index (χ4v) is 2.57. The van der Waals surface area contributed by atoms with Crippen molar-refractivity contribution in [1.29, 1.82) is 0 Å². The average molecular weight is 204 g/mol. The zero-order valence-corrected chi connectivity index (χ0v) is 9.66. The standard InChI is InChI=1S/C13H20N2/c1-10-9-15(2)13-11(6-4-8-14)5-3-7-12(10)13/h3,5,7,10H,4,6,8-9,14H2,1-2H3. The molecule has 1 aliphatic rings. The minimum absolute atomic E-state index is 0.669. The number of benzene rings is 1. The lowest BCUT2D eigenvalue weighted by Crippen LogP contribution is -2.15. The molecule has 1 atom stereocenters. The van der Waals surface area contributed by atoms with E-state index in [4.69, 9.17) is 5.73 Å². The van der Waals surface area contributed by atoms with E-state index >= 15 is 0 Å². The van der Waals surface area contributed by atoms with Crippen molar-refractivity contribution in [3.63, 3.8) is 0 Å². The first-order valence-corrected chi connectivity index (χ1v) is 5.77.